The Morgan fingerprint density at radius 2 is 1.11 bits per heavy atom. The van der Waals surface area contributed by atoms with Gasteiger partial charge in [-0.1, -0.05) is 18.2 Å². The highest BCUT2D eigenvalue weighted by Gasteiger charge is 2.25. The van der Waals surface area contributed by atoms with Crippen molar-refractivity contribution >= 4 is 82.1 Å². The van der Waals surface area contributed by atoms with Crippen LogP contribution in [-0.2, 0) is 32.2 Å². The number of anilines is 4. The SMILES string of the molecule is COc1cc(-c2cn(C3CCOCC3)c3ncnc(N)c23)ccc1NC(=O)OCc1ccccn1.COc1cc(-c2cn(C3CCOCC3)c3ncnc(N)c23)ccc1NC(=O)OCc1ccncc1.Cl.Cl. The zero-order valence-corrected chi connectivity index (χ0v) is 41.1. The Bertz CT molecular complexity index is 2890. The summed E-state index contributed by atoms with van der Waals surface area (Å²) < 4.78 is 37.1. The smallest absolute Gasteiger partial charge is 0.412 e. The second-order valence-corrected chi connectivity index (χ2v) is 16.4. The van der Waals surface area contributed by atoms with E-state index in [1.54, 1.807) is 69.2 Å². The van der Waals surface area contributed by atoms with E-state index in [2.05, 4.69) is 62.1 Å². The predicted octanol–water partition coefficient (Wildman–Crippen LogP) is 9.21. The molecule has 8 heterocycles. The number of benzene rings is 2. The number of nitrogens with zero attached hydrogens (tertiary/aromatic N) is 8. The average Bonchev–Trinajstić information content (AvgIpc) is 4.00. The third-order valence-corrected chi connectivity index (χ3v) is 12.1. The number of fused-ring (bicyclic) bond motifs is 2. The lowest BCUT2D eigenvalue weighted by atomic mass is 10.0. The van der Waals surface area contributed by atoms with E-state index in [1.807, 2.05) is 30.3 Å². The molecule has 6 aromatic heterocycles. The molecule has 2 fully saturated rings. The number of amides is 2. The molecular weight excluding hydrogens is 968 g/mol. The van der Waals surface area contributed by atoms with Crippen LogP contribution in [0.25, 0.3) is 44.3 Å². The topological polar surface area (TPSA) is 253 Å². The van der Waals surface area contributed by atoms with Gasteiger partial charge < -0.3 is 49.0 Å². The number of nitrogens with two attached hydrogens (primary N) is 2. The molecule has 2 aliphatic heterocycles. The molecule has 8 aromatic rings. The van der Waals surface area contributed by atoms with Gasteiger partial charge in [-0.2, -0.15) is 0 Å². The largest absolute Gasteiger partial charge is 0.495 e. The number of rotatable bonds is 12. The number of halogens is 2. The number of aromatic nitrogens is 8. The zero-order chi connectivity index (χ0) is 48.4. The number of pyridine rings is 2. The van der Waals surface area contributed by atoms with E-state index in [1.165, 1.54) is 12.7 Å². The number of ether oxygens (including phenoxy) is 6. The van der Waals surface area contributed by atoms with Crippen molar-refractivity contribution in [3.63, 3.8) is 0 Å². The van der Waals surface area contributed by atoms with E-state index >= 15 is 0 Å². The van der Waals surface area contributed by atoms with Crippen molar-refractivity contribution in [2.45, 2.75) is 51.0 Å². The van der Waals surface area contributed by atoms with Gasteiger partial charge in [0.2, 0.25) is 0 Å². The van der Waals surface area contributed by atoms with Gasteiger partial charge in [-0.25, -0.2) is 29.5 Å². The monoisotopic (exact) mass is 1020 g/mol. The predicted molar refractivity (Wildman–Crippen MR) is 277 cm³/mol. The first-order valence-electron chi connectivity index (χ1n) is 22.7. The van der Waals surface area contributed by atoms with Gasteiger partial charge in [-0.05, 0) is 90.9 Å². The summed E-state index contributed by atoms with van der Waals surface area (Å²) in [6.45, 7) is 3.06. The fraction of sp³-hybridized carbons (Fsp3) is 0.280. The summed E-state index contributed by atoms with van der Waals surface area (Å²) in [5.41, 5.74) is 20.2. The zero-order valence-electron chi connectivity index (χ0n) is 39.4. The van der Waals surface area contributed by atoms with Crippen molar-refractivity contribution in [2.75, 3.05) is 62.7 Å². The van der Waals surface area contributed by atoms with Crippen LogP contribution >= 0.6 is 24.8 Å². The maximum Gasteiger partial charge on any atom is 0.412 e. The van der Waals surface area contributed by atoms with Crippen molar-refractivity contribution in [1.29, 1.82) is 0 Å². The lowest BCUT2D eigenvalue weighted by Gasteiger charge is -2.24. The van der Waals surface area contributed by atoms with Crippen LogP contribution in [0.4, 0.5) is 32.6 Å². The Labute approximate surface area is 426 Å². The first kappa shape index (κ1) is 52.1. The molecule has 2 aliphatic rings. The highest BCUT2D eigenvalue weighted by atomic mass is 35.5. The van der Waals surface area contributed by atoms with Crippen LogP contribution in [-0.4, -0.2) is 91.9 Å². The Hall–Kier alpha value is -7.78. The van der Waals surface area contributed by atoms with Gasteiger partial charge in [0.25, 0.3) is 0 Å². The van der Waals surface area contributed by atoms with Crippen LogP contribution in [0.3, 0.4) is 0 Å². The molecule has 2 saturated heterocycles. The lowest BCUT2D eigenvalue weighted by Crippen LogP contribution is -2.19. The van der Waals surface area contributed by atoms with Crippen molar-refractivity contribution in [1.82, 2.24) is 39.0 Å². The summed E-state index contributed by atoms with van der Waals surface area (Å²) in [5.74, 6) is 1.80. The number of nitrogens with one attached hydrogen (secondary N) is 2. The molecule has 72 heavy (non-hydrogen) atoms. The number of nitrogen functional groups attached to an aromatic ring is 2. The lowest BCUT2D eigenvalue weighted by molar-refractivity contribution is 0.0705. The minimum absolute atomic E-state index is 0. The van der Waals surface area contributed by atoms with E-state index in [0.29, 0.717) is 66.6 Å². The van der Waals surface area contributed by atoms with Gasteiger partial charge >= 0.3 is 12.2 Å². The standard InChI is InChI=1S/2C25H26N6O4.2ClH/c1-33-21-12-17(2-3-20(21)30-25(32)35-14-16-4-8-27-9-5-16)19-13-31(18-6-10-34-11-7-18)24-22(19)23(26)28-15-29-24;1-33-21-12-16(5-6-20(21)30-25(32)35-14-17-4-2-3-9-27-17)19-13-31(18-7-10-34-11-8-18)24-22(19)23(26)28-15-29-24;;/h2-5,8-9,12-13,15,18H,6-7,10-11,14H2,1H3,(H,30,32)(H2,26,28,29);2-6,9,12-13,15,18H,7-8,10-11,14H2,1H3,(H,30,32)(H2,26,28,29);2*1H. The van der Waals surface area contributed by atoms with E-state index in [4.69, 9.17) is 39.9 Å². The van der Waals surface area contributed by atoms with Gasteiger partial charge in [0, 0.05) is 80.6 Å². The van der Waals surface area contributed by atoms with Crippen LogP contribution in [0.15, 0.2) is 110 Å². The number of hydrogen-bond acceptors (Lipinski definition) is 16. The van der Waals surface area contributed by atoms with Gasteiger partial charge in [0.15, 0.2) is 0 Å². The van der Waals surface area contributed by atoms with Gasteiger partial charge in [0.1, 0.15) is 60.3 Å². The maximum atomic E-state index is 12.4. The summed E-state index contributed by atoms with van der Waals surface area (Å²) in [4.78, 5) is 50.3. The molecule has 0 unspecified atom stereocenters. The molecule has 0 saturated carbocycles. The van der Waals surface area contributed by atoms with E-state index in [-0.39, 0.29) is 50.1 Å². The normalized spacial score (nSPS) is 13.7. The molecule has 20 nitrogen and oxygen atoms in total. The van der Waals surface area contributed by atoms with Crippen LogP contribution in [0.1, 0.15) is 49.0 Å². The summed E-state index contributed by atoms with van der Waals surface area (Å²) in [7, 11) is 3.10. The minimum Gasteiger partial charge on any atom is -0.495 e. The van der Waals surface area contributed by atoms with Crippen LogP contribution in [0, 0.1) is 0 Å². The molecule has 0 bridgehead atoms. The van der Waals surface area contributed by atoms with E-state index in [9.17, 15) is 9.59 Å². The molecular formula is C50H54Cl2N12O8. The summed E-state index contributed by atoms with van der Waals surface area (Å²) >= 11 is 0. The maximum absolute atomic E-state index is 12.4. The fourth-order valence-corrected chi connectivity index (χ4v) is 8.60. The van der Waals surface area contributed by atoms with Crippen molar-refractivity contribution in [3.8, 4) is 33.8 Å². The summed E-state index contributed by atoms with van der Waals surface area (Å²) in [6, 6.07) is 20.6. The average molecular weight is 1020 g/mol. The first-order valence-corrected chi connectivity index (χ1v) is 22.7. The highest BCUT2D eigenvalue weighted by Crippen LogP contribution is 2.41. The highest BCUT2D eigenvalue weighted by molar-refractivity contribution is 6.02. The number of hydrogen-bond donors (Lipinski definition) is 4. The summed E-state index contributed by atoms with van der Waals surface area (Å²) in [6.07, 6.45) is 14.5. The third kappa shape index (κ3) is 11.9. The molecule has 0 atom stereocenters. The van der Waals surface area contributed by atoms with Crippen molar-refractivity contribution in [2.24, 2.45) is 0 Å². The van der Waals surface area contributed by atoms with E-state index < -0.39 is 12.2 Å². The van der Waals surface area contributed by atoms with Gasteiger partial charge in [-0.3, -0.25) is 20.6 Å². The fourth-order valence-electron chi connectivity index (χ4n) is 8.60. The summed E-state index contributed by atoms with van der Waals surface area (Å²) in [5, 5.41) is 7.06. The number of carbonyl (C=O) groups excluding carboxylic acids is 2. The minimum atomic E-state index is -0.601. The Morgan fingerprint density at radius 3 is 1.57 bits per heavy atom. The van der Waals surface area contributed by atoms with Gasteiger partial charge in [0.05, 0.1) is 42.1 Å². The molecule has 10 rings (SSSR count). The quantitative estimate of drug-likeness (QED) is 0.0889. The Morgan fingerprint density at radius 1 is 0.625 bits per heavy atom. The van der Waals surface area contributed by atoms with Crippen LogP contribution in [0.2, 0.25) is 0 Å². The molecule has 0 aliphatic carbocycles. The molecule has 6 N–H and O–H groups in total. The Balaban J connectivity index is 0.000000206. The number of methoxy groups -OCH3 is 2. The van der Waals surface area contributed by atoms with Gasteiger partial charge in [-0.15, -0.1) is 24.8 Å². The van der Waals surface area contributed by atoms with Crippen LogP contribution < -0.4 is 31.6 Å². The molecule has 376 valence electrons. The third-order valence-electron chi connectivity index (χ3n) is 12.1. The van der Waals surface area contributed by atoms with Crippen molar-refractivity contribution in [3.05, 3.63) is 122 Å². The van der Waals surface area contributed by atoms with Crippen LogP contribution in [0.5, 0.6) is 11.5 Å². The van der Waals surface area contributed by atoms with E-state index in [0.717, 1.165) is 75.6 Å². The second-order valence-electron chi connectivity index (χ2n) is 16.4. The number of carbonyl (C=O) groups is 2. The molecule has 0 spiro atoms. The Kier molecular flexibility index (Phi) is 17.6. The molecule has 22 heteroatoms. The molecule has 2 amide bonds. The first-order chi connectivity index (χ1) is 34.3. The second kappa shape index (κ2) is 24.4. The van der Waals surface area contributed by atoms with Crippen molar-refractivity contribution < 1.29 is 38.0 Å². The molecule has 2 aromatic carbocycles. The molecule has 0 radical (unpaired) electrons.